The lowest BCUT2D eigenvalue weighted by Crippen LogP contribution is -2.22. The number of carbonyl (C=O) groups excluding carboxylic acids is 1. The predicted octanol–water partition coefficient (Wildman–Crippen LogP) is 4.14. The Morgan fingerprint density at radius 3 is 2.45 bits per heavy atom. The van der Waals surface area contributed by atoms with E-state index in [0.29, 0.717) is 11.5 Å². The Bertz CT molecular complexity index is 617. The van der Waals surface area contributed by atoms with Gasteiger partial charge < -0.3 is 9.84 Å². The highest BCUT2D eigenvalue weighted by molar-refractivity contribution is 5.95. The zero-order valence-corrected chi connectivity index (χ0v) is 12.1. The molecular formula is C17H20O3. The molecule has 0 aliphatic carbocycles. The highest BCUT2D eigenvalue weighted by Crippen LogP contribution is 2.22. The summed E-state index contributed by atoms with van der Waals surface area (Å²) < 4.78 is 5.53. The third kappa shape index (κ3) is 3.10. The number of phenols is 1. The maximum atomic E-state index is 12.2. The van der Waals surface area contributed by atoms with Crippen LogP contribution in [0.25, 0.3) is 10.8 Å². The van der Waals surface area contributed by atoms with E-state index in [9.17, 15) is 9.90 Å². The highest BCUT2D eigenvalue weighted by atomic mass is 16.5. The number of hydrogen-bond donors (Lipinski definition) is 1. The van der Waals surface area contributed by atoms with Gasteiger partial charge in [0.1, 0.15) is 11.9 Å². The van der Waals surface area contributed by atoms with E-state index in [1.807, 2.05) is 26.8 Å². The first kappa shape index (κ1) is 14.4. The maximum Gasteiger partial charge on any atom is 0.338 e. The van der Waals surface area contributed by atoms with Gasteiger partial charge in [0.15, 0.2) is 0 Å². The van der Waals surface area contributed by atoms with Gasteiger partial charge in [-0.1, -0.05) is 32.9 Å². The fourth-order valence-electron chi connectivity index (χ4n) is 2.26. The van der Waals surface area contributed by atoms with E-state index >= 15 is 0 Å². The van der Waals surface area contributed by atoms with Crippen LogP contribution in [0, 0.1) is 5.92 Å². The lowest BCUT2D eigenvalue weighted by atomic mass is 10.0. The average Bonchev–Trinajstić information content (AvgIpc) is 2.43. The maximum absolute atomic E-state index is 12.2. The molecule has 1 N–H and O–H groups in total. The first-order chi connectivity index (χ1) is 9.51. The van der Waals surface area contributed by atoms with E-state index in [0.717, 1.165) is 17.2 Å². The molecule has 106 valence electrons. The molecule has 0 fully saturated rings. The first-order valence-electron chi connectivity index (χ1n) is 6.95. The van der Waals surface area contributed by atoms with Crippen LogP contribution in [-0.2, 0) is 4.74 Å². The van der Waals surface area contributed by atoms with Gasteiger partial charge in [-0.05, 0) is 47.4 Å². The Morgan fingerprint density at radius 1 is 1.15 bits per heavy atom. The topological polar surface area (TPSA) is 46.5 Å². The Balaban J connectivity index is 2.24. The van der Waals surface area contributed by atoms with Crippen LogP contribution in [0.15, 0.2) is 36.4 Å². The SMILES string of the molecule is CCC(OC(=O)c1ccc2cc(O)ccc2c1)C(C)C. The standard InChI is InChI=1S/C17H20O3/c1-4-16(11(2)3)20-17(19)14-6-5-13-10-15(18)8-7-12(13)9-14/h5-11,16,18H,4H2,1-3H3. The van der Waals surface area contributed by atoms with Crippen molar-refractivity contribution < 1.29 is 14.6 Å². The number of benzene rings is 2. The fraction of sp³-hybridized carbons (Fsp3) is 0.353. The van der Waals surface area contributed by atoms with Gasteiger partial charge in [-0.2, -0.15) is 0 Å². The minimum Gasteiger partial charge on any atom is -0.508 e. The van der Waals surface area contributed by atoms with Crippen molar-refractivity contribution in [2.75, 3.05) is 0 Å². The monoisotopic (exact) mass is 272 g/mol. The number of ether oxygens (including phenoxy) is 1. The summed E-state index contributed by atoms with van der Waals surface area (Å²) in [6.45, 7) is 6.11. The van der Waals surface area contributed by atoms with Gasteiger partial charge in [0.05, 0.1) is 5.56 Å². The number of phenolic OH excluding ortho intramolecular Hbond substituents is 1. The van der Waals surface area contributed by atoms with Gasteiger partial charge >= 0.3 is 5.97 Å². The molecule has 0 aromatic heterocycles. The second-order valence-corrected chi connectivity index (χ2v) is 5.34. The van der Waals surface area contributed by atoms with Crippen LogP contribution >= 0.6 is 0 Å². The van der Waals surface area contributed by atoms with Gasteiger partial charge in [0.25, 0.3) is 0 Å². The molecule has 20 heavy (non-hydrogen) atoms. The zero-order valence-electron chi connectivity index (χ0n) is 12.1. The minimum absolute atomic E-state index is 0.0574. The van der Waals surface area contributed by atoms with Gasteiger partial charge in [-0.3, -0.25) is 0 Å². The van der Waals surface area contributed by atoms with Crippen molar-refractivity contribution >= 4 is 16.7 Å². The second-order valence-electron chi connectivity index (χ2n) is 5.34. The van der Waals surface area contributed by atoms with Crippen LogP contribution in [0.5, 0.6) is 5.75 Å². The van der Waals surface area contributed by atoms with Gasteiger partial charge in [-0.25, -0.2) is 4.79 Å². The number of carbonyl (C=O) groups is 1. The molecule has 2 rings (SSSR count). The quantitative estimate of drug-likeness (QED) is 0.851. The summed E-state index contributed by atoms with van der Waals surface area (Å²) >= 11 is 0. The third-order valence-electron chi connectivity index (χ3n) is 3.46. The van der Waals surface area contributed by atoms with Crippen molar-refractivity contribution in [2.24, 2.45) is 5.92 Å². The van der Waals surface area contributed by atoms with Gasteiger partial charge in [0, 0.05) is 0 Å². The van der Waals surface area contributed by atoms with E-state index in [2.05, 4.69) is 0 Å². The van der Waals surface area contributed by atoms with Crippen molar-refractivity contribution in [3.8, 4) is 5.75 Å². The van der Waals surface area contributed by atoms with Crippen molar-refractivity contribution in [3.05, 3.63) is 42.0 Å². The minimum atomic E-state index is -0.291. The van der Waals surface area contributed by atoms with Crippen molar-refractivity contribution in [1.29, 1.82) is 0 Å². The number of aromatic hydroxyl groups is 1. The van der Waals surface area contributed by atoms with Crippen LogP contribution in [0.4, 0.5) is 0 Å². The molecule has 3 heteroatoms. The van der Waals surface area contributed by atoms with Crippen molar-refractivity contribution in [3.63, 3.8) is 0 Å². The molecule has 2 aromatic rings. The largest absolute Gasteiger partial charge is 0.508 e. The molecule has 0 heterocycles. The summed E-state index contributed by atoms with van der Waals surface area (Å²) in [6, 6.07) is 10.4. The molecule has 0 spiro atoms. The zero-order chi connectivity index (χ0) is 14.7. The molecule has 0 bridgehead atoms. The number of rotatable bonds is 4. The van der Waals surface area contributed by atoms with E-state index < -0.39 is 0 Å². The smallest absolute Gasteiger partial charge is 0.338 e. The molecule has 0 aliphatic heterocycles. The van der Waals surface area contributed by atoms with Gasteiger partial charge in [-0.15, -0.1) is 0 Å². The summed E-state index contributed by atoms with van der Waals surface area (Å²) in [5.74, 6) is 0.237. The lowest BCUT2D eigenvalue weighted by Gasteiger charge is -2.19. The van der Waals surface area contributed by atoms with Gasteiger partial charge in [0.2, 0.25) is 0 Å². The van der Waals surface area contributed by atoms with Crippen LogP contribution < -0.4 is 0 Å². The molecule has 1 unspecified atom stereocenters. The molecule has 0 aliphatic rings. The van der Waals surface area contributed by atoms with Crippen LogP contribution in [0.3, 0.4) is 0 Å². The Hall–Kier alpha value is -2.03. The lowest BCUT2D eigenvalue weighted by molar-refractivity contribution is 0.0173. The van der Waals surface area contributed by atoms with E-state index in [4.69, 9.17) is 4.74 Å². The number of esters is 1. The summed E-state index contributed by atoms with van der Waals surface area (Å²) in [7, 11) is 0. The first-order valence-corrected chi connectivity index (χ1v) is 6.95. The summed E-state index contributed by atoms with van der Waals surface area (Å²) in [5.41, 5.74) is 0.544. The third-order valence-corrected chi connectivity index (χ3v) is 3.46. The fourth-order valence-corrected chi connectivity index (χ4v) is 2.26. The Labute approximate surface area is 119 Å². The molecular weight excluding hydrogens is 252 g/mol. The average molecular weight is 272 g/mol. The molecule has 2 aromatic carbocycles. The molecule has 0 radical (unpaired) electrons. The molecule has 0 saturated heterocycles. The predicted molar refractivity (Wildman–Crippen MR) is 79.9 cm³/mol. The normalized spacial score (nSPS) is 12.6. The van der Waals surface area contributed by atoms with E-state index in [1.54, 1.807) is 30.3 Å². The summed E-state index contributed by atoms with van der Waals surface area (Å²) in [4.78, 5) is 12.2. The van der Waals surface area contributed by atoms with Crippen LogP contribution in [0.1, 0.15) is 37.6 Å². The number of hydrogen-bond acceptors (Lipinski definition) is 3. The van der Waals surface area contributed by atoms with E-state index in [-0.39, 0.29) is 17.8 Å². The molecule has 0 saturated carbocycles. The highest BCUT2D eigenvalue weighted by Gasteiger charge is 2.17. The van der Waals surface area contributed by atoms with Crippen molar-refractivity contribution in [1.82, 2.24) is 0 Å². The second kappa shape index (κ2) is 5.95. The molecule has 0 amide bonds. The molecule has 3 nitrogen and oxygen atoms in total. The number of fused-ring (bicyclic) bond motifs is 1. The Kier molecular flexibility index (Phi) is 4.28. The van der Waals surface area contributed by atoms with Crippen molar-refractivity contribution in [2.45, 2.75) is 33.3 Å². The van der Waals surface area contributed by atoms with E-state index in [1.165, 1.54) is 0 Å². The Morgan fingerprint density at radius 2 is 1.80 bits per heavy atom. The molecule has 1 atom stereocenters. The van der Waals surface area contributed by atoms with Crippen LogP contribution in [0.2, 0.25) is 0 Å². The summed E-state index contributed by atoms with van der Waals surface area (Å²) in [5, 5.41) is 11.2. The van der Waals surface area contributed by atoms with Crippen LogP contribution in [-0.4, -0.2) is 17.2 Å². The summed E-state index contributed by atoms with van der Waals surface area (Å²) in [6.07, 6.45) is 0.753.